The molecule has 0 radical (unpaired) electrons. The largest absolute Gasteiger partial charge is 0.304 e. The van der Waals surface area contributed by atoms with E-state index in [2.05, 4.69) is 55.2 Å². The molecule has 2 fully saturated rings. The Bertz CT molecular complexity index is 397. The smallest absolute Gasteiger partial charge is 0.0183 e. The zero-order valence-corrected chi connectivity index (χ0v) is 15.9. The molecule has 0 aliphatic carbocycles. The summed E-state index contributed by atoms with van der Waals surface area (Å²) < 4.78 is 0. The first kappa shape index (κ1) is 18.7. The third kappa shape index (κ3) is 5.17. The topological polar surface area (TPSA) is 9.72 Å². The first-order chi connectivity index (χ1) is 10.9. The van der Waals surface area contributed by atoms with Crippen molar-refractivity contribution in [3.05, 3.63) is 24.3 Å². The summed E-state index contributed by atoms with van der Waals surface area (Å²) in [5.41, 5.74) is 1.80. The van der Waals surface area contributed by atoms with Crippen LogP contribution in [0.5, 0.6) is 0 Å². The lowest BCUT2D eigenvalue weighted by Crippen LogP contribution is -2.58. The Kier molecular flexibility index (Phi) is 6.87. The van der Waals surface area contributed by atoms with E-state index in [1.54, 1.807) is 0 Å². The van der Waals surface area contributed by atoms with Crippen LogP contribution in [0.2, 0.25) is 0 Å². The molecule has 2 rings (SSSR count). The SMILES string of the molecule is C=C/C=C(/C)CCN1CCC(C(C)(C)N2CCN(C)CC2)CC1. The average Bonchev–Trinajstić information content (AvgIpc) is 2.54. The Morgan fingerprint density at radius 3 is 2.26 bits per heavy atom. The average molecular weight is 320 g/mol. The summed E-state index contributed by atoms with van der Waals surface area (Å²) in [6.45, 7) is 19.6. The van der Waals surface area contributed by atoms with Gasteiger partial charge in [0.15, 0.2) is 0 Å². The van der Waals surface area contributed by atoms with E-state index in [1.165, 1.54) is 70.6 Å². The lowest BCUT2D eigenvalue weighted by atomic mass is 9.78. The molecule has 3 heteroatoms. The zero-order valence-electron chi connectivity index (χ0n) is 15.9. The molecule has 0 spiro atoms. The summed E-state index contributed by atoms with van der Waals surface area (Å²) >= 11 is 0. The fourth-order valence-corrected chi connectivity index (χ4v) is 4.12. The second-order valence-corrected chi connectivity index (χ2v) is 8.06. The number of likely N-dealkylation sites (tertiary alicyclic amines) is 1. The molecular weight excluding hydrogens is 282 g/mol. The van der Waals surface area contributed by atoms with Gasteiger partial charge in [-0.05, 0) is 66.1 Å². The molecule has 2 aliphatic rings. The van der Waals surface area contributed by atoms with Crippen LogP contribution in [0.15, 0.2) is 24.3 Å². The van der Waals surface area contributed by atoms with Crippen molar-refractivity contribution in [2.45, 2.75) is 45.6 Å². The number of rotatable bonds is 6. The summed E-state index contributed by atoms with van der Waals surface area (Å²) in [6.07, 6.45) is 7.93. The number of hydrogen-bond donors (Lipinski definition) is 0. The zero-order chi connectivity index (χ0) is 16.9. The standard InChI is InChI=1S/C20H37N3/c1-6-7-18(2)8-11-22-12-9-19(10-13-22)20(3,4)23-16-14-21(5)15-17-23/h6-7,19H,1,8-17H2,2-5H3/b18-7-. The number of nitrogens with zero attached hydrogens (tertiary/aromatic N) is 3. The van der Waals surface area contributed by atoms with E-state index >= 15 is 0 Å². The van der Waals surface area contributed by atoms with E-state index < -0.39 is 0 Å². The van der Waals surface area contributed by atoms with Crippen LogP contribution in [0.4, 0.5) is 0 Å². The quantitative estimate of drug-likeness (QED) is 0.696. The number of likely N-dealkylation sites (N-methyl/N-ethyl adjacent to an activating group) is 1. The molecule has 2 saturated heterocycles. The van der Waals surface area contributed by atoms with E-state index in [0.717, 1.165) is 5.92 Å². The minimum absolute atomic E-state index is 0.353. The second-order valence-electron chi connectivity index (χ2n) is 8.06. The van der Waals surface area contributed by atoms with Crippen molar-refractivity contribution in [3.8, 4) is 0 Å². The van der Waals surface area contributed by atoms with Crippen LogP contribution in [-0.2, 0) is 0 Å². The molecule has 2 aliphatic heterocycles. The van der Waals surface area contributed by atoms with Gasteiger partial charge in [-0.2, -0.15) is 0 Å². The Morgan fingerprint density at radius 2 is 1.70 bits per heavy atom. The third-order valence-electron chi connectivity index (χ3n) is 6.13. The van der Waals surface area contributed by atoms with Crippen molar-refractivity contribution in [2.75, 3.05) is 52.9 Å². The highest BCUT2D eigenvalue weighted by Crippen LogP contribution is 2.33. The van der Waals surface area contributed by atoms with E-state index in [-0.39, 0.29) is 0 Å². The predicted molar refractivity (Wildman–Crippen MR) is 101 cm³/mol. The van der Waals surface area contributed by atoms with Gasteiger partial charge in [0.1, 0.15) is 0 Å². The fraction of sp³-hybridized carbons (Fsp3) is 0.800. The Balaban J connectivity index is 1.78. The molecule has 2 heterocycles. The highest BCUT2D eigenvalue weighted by molar-refractivity contribution is 5.07. The van der Waals surface area contributed by atoms with Gasteiger partial charge in [0.2, 0.25) is 0 Å². The Labute approximate surface area is 144 Å². The number of hydrogen-bond acceptors (Lipinski definition) is 3. The van der Waals surface area contributed by atoms with Gasteiger partial charge in [0.25, 0.3) is 0 Å². The van der Waals surface area contributed by atoms with Crippen molar-refractivity contribution in [2.24, 2.45) is 5.92 Å². The first-order valence-corrected chi connectivity index (χ1v) is 9.37. The molecule has 3 nitrogen and oxygen atoms in total. The van der Waals surface area contributed by atoms with E-state index in [4.69, 9.17) is 0 Å². The molecule has 0 aromatic rings. The van der Waals surface area contributed by atoms with Gasteiger partial charge in [-0.15, -0.1) is 0 Å². The predicted octanol–water partition coefficient (Wildman–Crippen LogP) is 3.25. The maximum absolute atomic E-state index is 3.78. The fourth-order valence-electron chi connectivity index (χ4n) is 4.12. The summed E-state index contributed by atoms with van der Waals surface area (Å²) in [4.78, 5) is 7.84. The highest BCUT2D eigenvalue weighted by atomic mass is 15.3. The van der Waals surface area contributed by atoms with Crippen molar-refractivity contribution in [3.63, 3.8) is 0 Å². The molecule has 0 unspecified atom stereocenters. The number of piperazine rings is 1. The maximum Gasteiger partial charge on any atom is 0.0183 e. The van der Waals surface area contributed by atoms with Gasteiger partial charge in [0, 0.05) is 38.3 Å². The van der Waals surface area contributed by atoms with Gasteiger partial charge >= 0.3 is 0 Å². The molecule has 0 aromatic heterocycles. The molecule has 0 N–H and O–H groups in total. The summed E-state index contributed by atoms with van der Waals surface area (Å²) in [6, 6.07) is 0. The molecule has 0 saturated carbocycles. The molecular formula is C20H37N3. The third-order valence-corrected chi connectivity index (χ3v) is 6.13. The van der Waals surface area contributed by atoms with Crippen molar-refractivity contribution in [1.82, 2.24) is 14.7 Å². The van der Waals surface area contributed by atoms with Gasteiger partial charge in [-0.25, -0.2) is 0 Å². The molecule has 0 amide bonds. The monoisotopic (exact) mass is 319 g/mol. The van der Waals surface area contributed by atoms with Crippen LogP contribution in [0, 0.1) is 5.92 Å². The lowest BCUT2D eigenvalue weighted by molar-refractivity contribution is -0.000341. The highest BCUT2D eigenvalue weighted by Gasteiger charge is 2.37. The summed E-state index contributed by atoms with van der Waals surface area (Å²) in [5.74, 6) is 0.840. The summed E-state index contributed by atoms with van der Waals surface area (Å²) in [7, 11) is 2.24. The van der Waals surface area contributed by atoms with Crippen molar-refractivity contribution in [1.29, 1.82) is 0 Å². The van der Waals surface area contributed by atoms with Crippen LogP contribution >= 0.6 is 0 Å². The van der Waals surface area contributed by atoms with Gasteiger partial charge in [-0.1, -0.05) is 24.3 Å². The molecule has 132 valence electrons. The Morgan fingerprint density at radius 1 is 1.09 bits per heavy atom. The lowest BCUT2D eigenvalue weighted by Gasteiger charge is -2.49. The van der Waals surface area contributed by atoms with Crippen molar-refractivity contribution >= 4 is 0 Å². The minimum atomic E-state index is 0.353. The van der Waals surface area contributed by atoms with Crippen LogP contribution in [0.25, 0.3) is 0 Å². The van der Waals surface area contributed by atoms with Crippen LogP contribution in [-0.4, -0.2) is 73.1 Å². The molecule has 23 heavy (non-hydrogen) atoms. The van der Waals surface area contributed by atoms with Crippen LogP contribution in [0.3, 0.4) is 0 Å². The Hall–Kier alpha value is -0.640. The second kappa shape index (κ2) is 8.46. The van der Waals surface area contributed by atoms with E-state index in [1.807, 2.05) is 6.08 Å². The normalized spacial score (nSPS) is 24.1. The number of allylic oxidation sites excluding steroid dienone is 2. The van der Waals surface area contributed by atoms with E-state index in [9.17, 15) is 0 Å². The van der Waals surface area contributed by atoms with E-state index in [0.29, 0.717) is 5.54 Å². The van der Waals surface area contributed by atoms with Crippen LogP contribution in [0.1, 0.15) is 40.0 Å². The molecule has 0 atom stereocenters. The minimum Gasteiger partial charge on any atom is -0.304 e. The summed E-state index contributed by atoms with van der Waals surface area (Å²) in [5, 5.41) is 0. The molecule has 0 aromatic carbocycles. The molecule has 0 bridgehead atoms. The van der Waals surface area contributed by atoms with Gasteiger partial charge < -0.3 is 9.80 Å². The maximum atomic E-state index is 3.78. The van der Waals surface area contributed by atoms with Crippen LogP contribution < -0.4 is 0 Å². The van der Waals surface area contributed by atoms with Crippen molar-refractivity contribution < 1.29 is 0 Å². The number of piperidine rings is 1. The first-order valence-electron chi connectivity index (χ1n) is 9.37. The van der Waals surface area contributed by atoms with Gasteiger partial charge in [-0.3, -0.25) is 4.90 Å². The van der Waals surface area contributed by atoms with Gasteiger partial charge in [0.05, 0.1) is 0 Å².